The molecular formula is C16H19BrN2O2S. The molecule has 6 heteroatoms. The Morgan fingerprint density at radius 1 is 1.00 bits per heavy atom. The van der Waals surface area contributed by atoms with Gasteiger partial charge in [0.25, 0.3) is 0 Å². The maximum atomic E-state index is 12.6. The summed E-state index contributed by atoms with van der Waals surface area (Å²) in [6, 6.07) is 14.6. The second kappa shape index (κ2) is 6.81. The smallest absolute Gasteiger partial charge is 0.243 e. The summed E-state index contributed by atoms with van der Waals surface area (Å²) in [6.45, 7) is 0.336. The second-order valence-electron chi connectivity index (χ2n) is 5.28. The van der Waals surface area contributed by atoms with Crippen molar-refractivity contribution in [3.8, 4) is 0 Å². The first-order chi connectivity index (χ1) is 10.3. The lowest BCUT2D eigenvalue weighted by molar-refractivity contribution is 0.466. The molecule has 0 bridgehead atoms. The lowest BCUT2D eigenvalue weighted by atomic mass is 10.2. The van der Waals surface area contributed by atoms with E-state index in [1.54, 1.807) is 31.3 Å². The molecule has 0 spiro atoms. The van der Waals surface area contributed by atoms with Crippen molar-refractivity contribution in [3.63, 3.8) is 0 Å². The minimum absolute atomic E-state index is 0.286. The summed E-state index contributed by atoms with van der Waals surface area (Å²) < 4.78 is 27.2. The highest BCUT2D eigenvalue weighted by molar-refractivity contribution is 9.10. The van der Waals surface area contributed by atoms with Crippen LogP contribution in [-0.2, 0) is 16.6 Å². The Hall–Kier alpha value is -1.37. The summed E-state index contributed by atoms with van der Waals surface area (Å²) in [5.41, 5.74) is 2.04. The van der Waals surface area contributed by atoms with Gasteiger partial charge in [-0.2, -0.15) is 4.31 Å². The number of anilines is 1. The molecule has 118 valence electrons. The second-order valence-corrected chi connectivity index (χ2v) is 8.24. The molecule has 0 unspecified atom stereocenters. The maximum absolute atomic E-state index is 12.6. The van der Waals surface area contributed by atoms with E-state index in [-0.39, 0.29) is 4.90 Å². The Bertz CT molecular complexity index is 743. The molecule has 2 aromatic rings. The van der Waals surface area contributed by atoms with E-state index in [2.05, 4.69) is 15.9 Å². The van der Waals surface area contributed by atoms with Gasteiger partial charge in [0, 0.05) is 37.8 Å². The van der Waals surface area contributed by atoms with E-state index in [0.29, 0.717) is 6.54 Å². The van der Waals surface area contributed by atoms with Crippen LogP contribution in [0, 0.1) is 0 Å². The zero-order valence-electron chi connectivity index (χ0n) is 12.8. The predicted octanol–water partition coefficient (Wildman–Crippen LogP) is 3.34. The minimum atomic E-state index is -3.49. The fraction of sp³-hybridized carbons (Fsp3) is 0.250. The highest BCUT2D eigenvalue weighted by atomic mass is 79.9. The highest BCUT2D eigenvalue weighted by Gasteiger charge is 2.21. The first-order valence-electron chi connectivity index (χ1n) is 6.79. The molecule has 0 aliphatic heterocycles. The van der Waals surface area contributed by atoms with Gasteiger partial charge in [0.05, 0.1) is 4.90 Å². The van der Waals surface area contributed by atoms with E-state index < -0.39 is 10.0 Å². The van der Waals surface area contributed by atoms with Crippen LogP contribution in [0.25, 0.3) is 0 Å². The normalized spacial score (nSPS) is 11.7. The number of hydrogen-bond acceptors (Lipinski definition) is 3. The standard InChI is InChI=1S/C16H19BrN2O2S/c1-18(2)15-9-7-13(8-10-15)12-19(3)22(20,21)16-6-4-5-14(17)11-16/h4-11H,12H2,1-3H3. The molecule has 0 aliphatic rings. The Morgan fingerprint density at radius 2 is 1.64 bits per heavy atom. The Kier molecular flexibility index (Phi) is 5.26. The fourth-order valence-corrected chi connectivity index (χ4v) is 3.81. The van der Waals surface area contributed by atoms with Crippen LogP contribution >= 0.6 is 15.9 Å². The van der Waals surface area contributed by atoms with Crippen molar-refractivity contribution < 1.29 is 8.42 Å². The van der Waals surface area contributed by atoms with E-state index in [1.807, 2.05) is 43.3 Å². The third-order valence-electron chi connectivity index (χ3n) is 3.36. The molecule has 22 heavy (non-hydrogen) atoms. The van der Waals surface area contributed by atoms with Gasteiger partial charge in [-0.1, -0.05) is 34.1 Å². The van der Waals surface area contributed by atoms with Crippen molar-refractivity contribution in [2.75, 3.05) is 26.0 Å². The van der Waals surface area contributed by atoms with Crippen LogP contribution in [0.4, 0.5) is 5.69 Å². The summed E-state index contributed by atoms with van der Waals surface area (Å²) in [5.74, 6) is 0. The molecule has 2 aromatic carbocycles. The largest absolute Gasteiger partial charge is 0.378 e. The molecule has 0 aromatic heterocycles. The van der Waals surface area contributed by atoms with E-state index in [1.165, 1.54) is 4.31 Å². The SMILES string of the molecule is CN(C)c1ccc(CN(C)S(=O)(=O)c2cccc(Br)c2)cc1. The number of rotatable bonds is 5. The third kappa shape index (κ3) is 3.88. The summed E-state index contributed by atoms with van der Waals surface area (Å²) in [4.78, 5) is 2.29. The van der Waals surface area contributed by atoms with Crippen molar-refractivity contribution in [2.45, 2.75) is 11.4 Å². The summed E-state index contributed by atoms with van der Waals surface area (Å²) >= 11 is 3.30. The third-order valence-corrected chi connectivity index (χ3v) is 5.65. The molecule has 0 N–H and O–H groups in total. The maximum Gasteiger partial charge on any atom is 0.243 e. The van der Waals surface area contributed by atoms with E-state index in [0.717, 1.165) is 15.7 Å². The van der Waals surface area contributed by atoms with Crippen molar-refractivity contribution in [1.82, 2.24) is 4.31 Å². The first-order valence-corrected chi connectivity index (χ1v) is 9.02. The van der Waals surface area contributed by atoms with Crippen molar-refractivity contribution in [2.24, 2.45) is 0 Å². The van der Waals surface area contributed by atoms with Crippen LogP contribution in [-0.4, -0.2) is 33.9 Å². The van der Waals surface area contributed by atoms with Crippen LogP contribution < -0.4 is 4.90 Å². The van der Waals surface area contributed by atoms with Gasteiger partial charge in [-0.25, -0.2) is 8.42 Å². The molecule has 0 heterocycles. The van der Waals surface area contributed by atoms with Gasteiger partial charge >= 0.3 is 0 Å². The van der Waals surface area contributed by atoms with E-state index >= 15 is 0 Å². The van der Waals surface area contributed by atoms with Gasteiger partial charge in [-0.05, 0) is 35.9 Å². The minimum Gasteiger partial charge on any atom is -0.378 e. The monoisotopic (exact) mass is 382 g/mol. The number of benzene rings is 2. The van der Waals surface area contributed by atoms with Crippen LogP contribution in [0.15, 0.2) is 57.9 Å². The molecular weight excluding hydrogens is 364 g/mol. The summed E-state index contributed by atoms with van der Waals surface area (Å²) in [6.07, 6.45) is 0. The Labute approximate surface area is 140 Å². The molecule has 2 rings (SSSR count). The van der Waals surface area contributed by atoms with Crippen molar-refractivity contribution in [1.29, 1.82) is 0 Å². The van der Waals surface area contributed by atoms with Crippen molar-refractivity contribution >= 4 is 31.6 Å². The molecule has 0 fully saturated rings. The predicted molar refractivity (Wildman–Crippen MR) is 93.6 cm³/mol. The van der Waals surface area contributed by atoms with Gasteiger partial charge in [0.15, 0.2) is 0 Å². The molecule has 0 radical (unpaired) electrons. The lowest BCUT2D eigenvalue weighted by Gasteiger charge is -2.18. The van der Waals surface area contributed by atoms with Crippen LogP contribution in [0.2, 0.25) is 0 Å². The summed E-state index contributed by atoms with van der Waals surface area (Å²) in [5, 5.41) is 0. The molecule has 0 amide bonds. The van der Waals surface area contributed by atoms with Gasteiger partial charge in [-0.15, -0.1) is 0 Å². The Balaban J connectivity index is 2.19. The quantitative estimate of drug-likeness (QED) is 0.795. The average Bonchev–Trinajstić information content (AvgIpc) is 2.47. The summed E-state index contributed by atoms with van der Waals surface area (Å²) in [7, 11) is 2.04. The van der Waals surface area contributed by atoms with Crippen LogP contribution in [0.5, 0.6) is 0 Å². The highest BCUT2D eigenvalue weighted by Crippen LogP contribution is 2.21. The van der Waals surface area contributed by atoms with Gasteiger partial charge in [0.1, 0.15) is 0 Å². The molecule has 0 atom stereocenters. The van der Waals surface area contributed by atoms with E-state index in [9.17, 15) is 8.42 Å². The number of sulfonamides is 1. The number of nitrogens with zero attached hydrogens (tertiary/aromatic N) is 2. The molecule has 4 nitrogen and oxygen atoms in total. The number of halogens is 1. The van der Waals surface area contributed by atoms with Crippen LogP contribution in [0.3, 0.4) is 0 Å². The fourth-order valence-electron chi connectivity index (χ4n) is 2.05. The van der Waals surface area contributed by atoms with Gasteiger partial charge < -0.3 is 4.90 Å². The first kappa shape index (κ1) is 17.0. The van der Waals surface area contributed by atoms with Gasteiger partial charge in [-0.3, -0.25) is 0 Å². The zero-order valence-corrected chi connectivity index (χ0v) is 15.2. The lowest BCUT2D eigenvalue weighted by Crippen LogP contribution is -2.26. The van der Waals surface area contributed by atoms with Gasteiger partial charge in [0.2, 0.25) is 10.0 Å². The van der Waals surface area contributed by atoms with E-state index in [4.69, 9.17) is 0 Å². The van der Waals surface area contributed by atoms with Crippen molar-refractivity contribution in [3.05, 3.63) is 58.6 Å². The molecule has 0 aliphatic carbocycles. The Morgan fingerprint density at radius 3 is 2.18 bits per heavy atom. The number of hydrogen-bond donors (Lipinski definition) is 0. The zero-order chi connectivity index (χ0) is 16.3. The van der Waals surface area contributed by atoms with Crippen LogP contribution in [0.1, 0.15) is 5.56 Å². The average molecular weight is 383 g/mol. The molecule has 0 saturated heterocycles. The topological polar surface area (TPSA) is 40.6 Å². The molecule has 0 saturated carbocycles.